The molecule has 0 saturated carbocycles. The first-order chi connectivity index (χ1) is 20.7. The van der Waals surface area contributed by atoms with Crippen LogP contribution in [0, 0.1) is 11.2 Å². The van der Waals surface area contributed by atoms with Crippen molar-refractivity contribution in [3.8, 4) is 5.75 Å². The Morgan fingerprint density at radius 1 is 0.884 bits per heavy atom. The van der Waals surface area contributed by atoms with Crippen molar-refractivity contribution in [3.63, 3.8) is 0 Å². The summed E-state index contributed by atoms with van der Waals surface area (Å²) in [5.74, 6) is -2.42. The lowest BCUT2D eigenvalue weighted by Gasteiger charge is -2.40. The first-order valence-corrected chi connectivity index (χ1v) is 14.8. The van der Waals surface area contributed by atoms with Crippen LogP contribution in [0.2, 0.25) is 0 Å². The van der Waals surface area contributed by atoms with Crippen LogP contribution in [-0.4, -0.2) is 59.4 Å². The van der Waals surface area contributed by atoms with Crippen molar-refractivity contribution >= 4 is 17.6 Å². The molecule has 2 fully saturated rings. The fourth-order valence-corrected chi connectivity index (χ4v) is 6.06. The van der Waals surface area contributed by atoms with E-state index in [1.165, 1.54) is 36.4 Å². The average Bonchev–Trinajstić information content (AvgIpc) is 3.22. The van der Waals surface area contributed by atoms with Crippen molar-refractivity contribution in [3.05, 3.63) is 94.6 Å². The fourth-order valence-electron chi connectivity index (χ4n) is 6.06. The number of aromatic nitrogens is 1. The van der Waals surface area contributed by atoms with Gasteiger partial charge >= 0.3 is 0 Å². The van der Waals surface area contributed by atoms with E-state index in [-0.39, 0.29) is 46.5 Å². The monoisotopic (exact) mass is 587 g/mol. The van der Waals surface area contributed by atoms with Crippen molar-refractivity contribution in [2.45, 2.75) is 57.7 Å². The molecule has 0 spiro atoms. The molecule has 5 N–H and O–H groups in total. The highest BCUT2D eigenvalue weighted by atomic mass is 19.1. The zero-order valence-electron chi connectivity index (χ0n) is 24.5. The Bertz CT molecular complexity index is 1480. The summed E-state index contributed by atoms with van der Waals surface area (Å²) in [6.07, 6.45) is 6.48. The van der Waals surface area contributed by atoms with Crippen molar-refractivity contribution in [1.82, 2.24) is 26.3 Å². The molecular weight excluding hydrogens is 549 g/mol. The summed E-state index contributed by atoms with van der Waals surface area (Å²) in [6, 6.07) is 11.1. The second kappa shape index (κ2) is 13.0. The summed E-state index contributed by atoms with van der Waals surface area (Å²) < 4.78 is 15.8. The molecule has 2 aromatic carbocycles. The Balaban J connectivity index is 1.30. The number of piperidine rings is 1. The Kier molecular flexibility index (Phi) is 9.17. The Hall–Kier alpha value is -4.15. The van der Waals surface area contributed by atoms with Gasteiger partial charge in [0.05, 0.1) is 12.1 Å². The van der Waals surface area contributed by atoms with Crippen molar-refractivity contribution in [2.24, 2.45) is 5.41 Å². The van der Waals surface area contributed by atoms with Gasteiger partial charge in [0.25, 0.3) is 11.8 Å². The lowest BCUT2D eigenvalue weighted by Crippen LogP contribution is -2.54. The molecule has 9 nitrogen and oxygen atoms in total. The van der Waals surface area contributed by atoms with Gasteiger partial charge in [0.15, 0.2) is 5.78 Å². The molecule has 5 rings (SSSR count). The highest BCUT2D eigenvalue weighted by molar-refractivity contribution is 6.11. The van der Waals surface area contributed by atoms with Gasteiger partial charge < -0.3 is 26.4 Å². The van der Waals surface area contributed by atoms with Gasteiger partial charge in [-0.1, -0.05) is 32.0 Å². The van der Waals surface area contributed by atoms with Crippen LogP contribution < -0.4 is 21.3 Å². The average molecular weight is 588 g/mol. The quantitative estimate of drug-likeness (QED) is 0.265. The van der Waals surface area contributed by atoms with Crippen molar-refractivity contribution in [1.29, 1.82) is 0 Å². The predicted molar refractivity (Wildman–Crippen MR) is 161 cm³/mol. The van der Waals surface area contributed by atoms with Gasteiger partial charge in [0, 0.05) is 47.2 Å². The summed E-state index contributed by atoms with van der Waals surface area (Å²) in [6.45, 7) is 6.13. The van der Waals surface area contributed by atoms with E-state index in [1.54, 1.807) is 24.5 Å². The standard InChI is InChI=1S/C33H38FN5O4/c1-33(2)14-4-16-37-30(33)23-10-11-26(40)27(28(23)34)29(41)20-6-8-21(9-7-20)31(42)38-24-5-3-15-36-19-25(24)39-32(43)22-12-17-35-18-13-22/h6-13,17-18,24-25,30,36-37,40H,3-5,14-16,19H2,1-2H3,(H,38,42)(H,39,43)/t24-,25-,30?/m1/s1. The molecule has 0 aliphatic carbocycles. The molecule has 3 aromatic rings. The Morgan fingerprint density at radius 2 is 1.53 bits per heavy atom. The number of phenolic OH excluding ortho intramolecular Hbond substituents is 1. The number of aromatic hydroxyl groups is 1. The molecule has 1 aromatic heterocycles. The molecule has 3 heterocycles. The van der Waals surface area contributed by atoms with E-state index in [0.717, 1.165) is 32.4 Å². The van der Waals surface area contributed by atoms with E-state index in [2.05, 4.69) is 40.1 Å². The molecular formula is C33H38FN5O4. The molecule has 3 atom stereocenters. The number of nitrogens with one attached hydrogen (secondary N) is 4. The first-order valence-electron chi connectivity index (χ1n) is 14.8. The van der Waals surface area contributed by atoms with E-state index in [1.807, 2.05) is 0 Å². The van der Waals surface area contributed by atoms with E-state index in [9.17, 15) is 19.5 Å². The summed E-state index contributed by atoms with van der Waals surface area (Å²) in [5, 5.41) is 23.2. The zero-order valence-corrected chi connectivity index (χ0v) is 24.5. The lowest BCUT2D eigenvalue weighted by molar-refractivity contribution is 0.0882. The second-order valence-corrected chi connectivity index (χ2v) is 12.0. The molecule has 2 saturated heterocycles. The minimum atomic E-state index is -0.735. The van der Waals surface area contributed by atoms with Gasteiger partial charge in [0.2, 0.25) is 0 Å². The highest BCUT2D eigenvalue weighted by Crippen LogP contribution is 2.42. The maximum atomic E-state index is 15.8. The molecule has 10 heteroatoms. The first kappa shape index (κ1) is 30.3. The van der Waals surface area contributed by atoms with Crippen LogP contribution in [0.1, 0.15) is 87.8 Å². The maximum absolute atomic E-state index is 15.8. The smallest absolute Gasteiger partial charge is 0.251 e. The molecule has 2 aliphatic heterocycles. The molecule has 0 bridgehead atoms. The van der Waals surface area contributed by atoms with Crippen LogP contribution in [0.4, 0.5) is 4.39 Å². The summed E-state index contributed by atoms with van der Waals surface area (Å²) >= 11 is 0. The van der Waals surface area contributed by atoms with Crippen LogP contribution in [0.5, 0.6) is 5.75 Å². The van der Waals surface area contributed by atoms with Gasteiger partial charge in [-0.25, -0.2) is 4.39 Å². The number of ketones is 1. The molecule has 0 radical (unpaired) electrons. The van der Waals surface area contributed by atoms with Crippen LogP contribution in [0.25, 0.3) is 0 Å². The number of pyridine rings is 1. The van der Waals surface area contributed by atoms with E-state index >= 15 is 4.39 Å². The van der Waals surface area contributed by atoms with Crippen molar-refractivity contribution in [2.75, 3.05) is 19.6 Å². The van der Waals surface area contributed by atoms with E-state index in [0.29, 0.717) is 29.7 Å². The number of carbonyl (C=O) groups is 3. The number of nitrogens with zero attached hydrogens (tertiary/aromatic N) is 1. The van der Waals surface area contributed by atoms with Crippen LogP contribution in [0.15, 0.2) is 60.9 Å². The largest absolute Gasteiger partial charge is 0.507 e. The SMILES string of the molecule is CC1(C)CCCNC1c1ccc(O)c(C(=O)c2ccc(C(=O)N[C@@H]3CCCNC[C@H]3NC(=O)c3ccncc3)cc2)c1F. The Morgan fingerprint density at radius 3 is 2.23 bits per heavy atom. The van der Waals surface area contributed by atoms with Crippen molar-refractivity contribution < 1.29 is 23.9 Å². The Labute approximate surface area is 250 Å². The highest BCUT2D eigenvalue weighted by Gasteiger charge is 2.36. The summed E-state index contributed by atoms with van der Waals surface area (Å²) in [5.41, 5.74) is 0.706. The number of hydrogen-bond donors (Lipinski definition) is 5. The molecule has 226 valence electrons. The minimum absolute atomic E-state index is 0.153. The van der Waals surface area contributed by atoms with Gasteiger partial charge in [-0.15, -0.1) is 0 Å². The third-order valence-corrected chi connectivity index (χ3v) is 8.52. The van der Waals surface area contributed by atoms with Crippen LogP contribution in [-0.2, 0) is 0 Å². The van der Waals surface area contributed by atoms with Gasteiger partial charge in [0.1, 0.15) is 17.1 Å². The topological polar surface area (TPSA) is 132 Å². The third-order valence-electron chi connectivity index (χ3n) is 8.52. The summed E-state index contributed by atoms with van der Waals surface area (Å²) in [4.78, 5) is 43.4. The number of carbonyl (C=O) groups excluding carboxylic acids is 3. The molecule has 2 aliphatic rings. The number of rotatable bonds is 7. The van der Waals surface area contributed by atoms with Crippen LogP contribution >= 0.6 is 0 Å². The summed E-state index contributed by atoms with van der Waals surface area (Å²) in [7, 11) is 0. The molecule has 43 heavy (non-hydrogen) atoms. The number of halogens is 1. The number of phenols is 1. The van der Waals surface area contributed by atoms with E-state index in [4.69, 9.17) is 0 Å². The van der Waals surface area contributed by atoms with E-state index < -0.39 is 17.3 Å². The maximum Gasteiger partial charge on any atom is 0.251 e. The van der Waals surface area contributed by atoms with Gasteiger partial charge in [-0.2, -0.15) is 0 Å². The lowest BCUT2D eigenvalue weighted by atomic mass is 9.74. The predicted octanol–water partition coefficient (Wildman–Crippen LogP) is 3.89. The minimum Gasteiger partial charge on any atom is -0.507 e. The van der Waals surface area contributed by atoms with Gasteiger partial charge in [-0.05, 0) is 74.5 Å². The third kappa shape index (κ3) is 6.76. The second-order valence-electron chi connectivity index (χ2n) is 12.0. The zero-order chi connectivity index (χ0) is 30.6. The normalized spacial score (nSPS) is 21.8. The number of amides is 2. The van der Waals surface area contributed by atoms with Gasteiger partial charge in [-0.3, -0.25) is 19.4 Å². The van der Waals surface area contributed by atoms with Crippen LogP contribution in [0.3, 0.4) is 0 Å². The number of benzene rings is 2. The fraction of sp³-hybridized carbons (Fsp3) is 0.394. The number of hydrogen-bond acceptors (Lipinski definition) is 7. The molecule has 1 unspecified atom stereocenters. The molecule has 2 amide bonds.